The molecule has 106 valence electrons. The lowest BCUT2D eigenvalue weighted by Crippen LogP contribution is -2.36. The standard InChI is InChI=1S/C15H24N2O2/c1-11-5-4-8-17(11)14(10-16)13-9-12(18-2)6-7-15(13)19-3/h6-7,9,11,14H,4-5,8,10,16H2,1-3H3. The van der Waals surface area contributed by atoms with Gasteiger partial charge in [0.15, 0.2) is 0 Å². The number of ether oxygens (including phenoxy) is 2. The van der Waals surface area contributed by atoms with E-state index in [1.54, 1.807) is 14.2 Å². The van der Waals surface area contributed by atoms with Crippen molar-refractivity contribution in [2.75, 3.05) is 27.3 Å². The second-order valence-electron chi connectivity index (χ2n) is 5.09. The zero-order valence-corrected chi connectivity index (χ0v) is 12.1. The third-order valence-corrected chi connectivity index (χ3v) is 4.02. The lowest BCUT2D eigenvalue weighted by Gasteiger charge is -2.31. The maximum Gasteiger partial charge on any atom is 0.123 e. The molecular weight excluding hydrogens is 240 g/mol. The molecule has 0 amide bonds. The molecular formula is C15H24N2O2. The number of rotatable bonds is 5. The molecule has 0 spiro atoms. The van der Waals surface area contributed by atoms with Gasteiger partial charge in [0.25, 0.3) is 0 Å². The first-order chi connectivity index (χ1) is 9.21. The second-order valence-corrected chi connectivity index (χ2v) is 5.09. The highest BCUT2D eigenvalue weighted by Gasteiger charge is 2.29. The van der Waals surface area contributed by atoms with Gasteiger partial charge in [-0.15, -0.1) is 0 Å². The zero-order chi connectivity index (χ0) is 13.8. The molecule has 1 aromatic carbocycles. The van der Waals surface area contributed by atoms with Gasteiger partial charge < -0.3 is 15.2 Å². The van der Waals surface area contributed by atoms with Gasteiger partial charge in [-0.05, 0) is 44.5 Å². The van der Waals surface area contributed by atoms with Crippen LogP contribution in [-0.4, -0.2) is 38.3 Å². The van der Waals surface area contributed by atoms with Crippen LogP contribution in [0.25, 0.3) is 0 Å². The minimum atomic E-state index is 0.197. The summed E-state index contributed by atoms with van der Waals surface area (Å²) in [5, 5.41) is 0. The van der Waals surface area contributed by atoms with E-state index in [-0.39, 0.29) is 6.04 Å². The Balaban J connectivity index is 2.35. The Morgan fingerprint density at radius 2 is 2.16 bits per heavy atom. The molecule has 1 fully saturated rings. The molecule has 1 saturated heterocycles. The van der Waals surface area contributed by atoms with Crippen LogP contribution in [0.15, 0.2) is 18.2 Å². The maximum atomic E-state index is 6.02. The summed E-state index contributed by atoms with van der Waals surface area (Å²) in [6, 6.07) is 6.69. The lowest BCUT2D eigenvalue weighted by atomic mass is 10.0. The van der Waals surface area contributed by atoms with Crippen molar-refractivity contribution in [2.24, 2.45) is 5.73 Å². The average Bonchev–Trinajstić information content (AvgIpc) is 2.86. The van der Waals surface area contributed by atoms with Crippen LogP contribution in [0.5, 0.6) is 11.5 Å². The second kappa shape index (κ2) is 6.26. The van der Waals surface area contributed by atoms with Crippen LogP contribution in [0.1, 0.15) is 31.4 Å². The van der Waals surface area contributed by atoms with Crippen molar-refractivity contribution >= 4 is 0 Å². The molecule has 2 N–H and O–H groups in total. The van der Waals surface area contributed by atoms with Gasteiger partial charge in [0.05, 0.1) is 20.3 Å². The molecule has 0 aliphatic carbocycles. The SMILES string of the molecule is COc1ccc(OC)c(C(CN)N2CCCC2C)c1. The Hall–Kier alpha value is -1.26. The molecule has 0 saturated carbocycles. The third-order valence-electron chi connectivity index (χ3n) is 4.02. The number of hydrogen-bond acceptors (Lipinski definition) is 4. The summed E-state index contributed by atoms with van der Waals surface area (Å²) in [5.41, 5.74) is 7.15. The van der Waals surface area contributed by atoms with Crippen molar-refractivity contribution in [3.63, 3.8) is 0 Å². The normalized spacial score (nSPS) is 21.4. The van der Waals surface area contributed by atoms with Crippen LogP contribution in [-0.2, 0) is 0 Å². The van der Waals surface area contributed by atoms with Crippen molar-refractivity contribution in [3.05, 3.63) is 23.8 Å². The van der Waals surface area contributed by atoms with E-state index in [4.69, 9.17) is 15.2 Å². The smallest absolute Gasteiger partial charge is 0.123 e. The summed E-state index contributed by atoms with van der Waals surface area (Å²) in [6.07, 6.45) is 2.48. The van der Waals surface area contributed by atoms with Crippen molar-refractivity contribution in [1.82, 2.24) is 4.90 Å². The number of nitrogens with two attached hydrogens (primary N) is 1. The van der Waals surface area contributed by atoms with Crippen LogP contribution in [0.4, 0.5) is 0 Å². The Labute approximate surface area is 115 Å². The molecule has 0 bridgehead atoms. The van der Waals surface area contributed by atoms with Crippen molar-refractivity contribution in [2.45, 2.75) is 31.8 Å². The van der Waals surface area contributed by atoms with Crippen LogP contribution in [0, 0.1) is 0 Å². The molecule has 1 aromatic rings. The molecule has 1 aliphatic heterocycles. The van der Waals surface area contributed by atoms with E-state index < -0.39 is 0 Å². The monoisotopic (exact) mass is 264 g/mol. The number of likely N-dealkylation sites (tertiary alicyclic amines) is 1. The first kappa shape index (κ1) is 14.2. The zero-order valence-electron chi connectivity index (χ0n) is 12.1. The topological polar surface area (TPSA) is 47.7 Å². The van der Waals surface area contributed by atoms with E-state index in [1.807, 2.05) is 18.2 Å². The largest absolute Gasteiger partial charge is 0.497 e. The van der Waals surface area contributed by atoms with E-state index >= 15 is 0 Å². The van der Waals surface area contributed by atoms with E-state index in [1.165, 1.54) is 12.8 Å². The van der Waals surface area contributed by atoms with Crippen LogP contribution >= 0.6 is 0 Å². The number of methoxy groups -OCH3 is 2. The van der Waals surface area contributed by atoms with Gasteiger partial charge in [-0.1, -0.05) is 0 Å². The van der Waals surface area contributed by atoms with Crippen LogP contribution in [0.2, 0.25) is 0 Å². The first-order valence-corrected chi connectivity index (χ1v) is 6.89. The summed E-state index contributed by atoms with van der Waals surface area (Å²) in [4.78, 5) is 2.47. The quantitative estimate of drug-likeness (QED) is 0.885. The van der Waals surface area contributed by atoms with Gasteiger partial charge in [-0.25, -0.2) is 0 Å². The molecule has 4 heteroatoms. The van der Waals surface area contributed by atoms with Crippen LogP contribution in [0.3, 0.4) is 0 Å². The molecule has 2 unspecified atom stereocenters. The molecule has 0 aromatic heterocycles. The Morgan fingerprint density at radius 1 is 1.37 bits per heavy atom. The van der Waals surface area contributed by atoms with Gasteiger partial charge in [-0.2, -0.15) is 0 Å². The molecule has 0 radical (unpaired) electrons. The highest BCUT2D eigenvalue weighted by molar-refractivity contribution is 5.42. The van der Waals surface area contributed by atoms with Crippen molar-refractivity contribution in [3.8, 4) is 11.5 Å². The summed E-state index contributed by atoms with van der Waals surface area (Å²) in [5.74, 6) is 1.73. The summed E-state index contributed by atoms with van der Waals surface area (Å²) < 4.78 is 10.8. The molecule has 1 heterocycles. The van der Waals surface area contributed by atoms with Crippen molar-refractivity contribution < 1.29 is 9.47 Å². The first-order valence-electron chi connectivity index (χ1n) is 6.89. The fourth-order valence-electron chi connectivity index (χ4n) is 2.96. The summed E-state index contributed by atoms with van der Waals surface area (Å²) in [6.45, 7) is 3.96. The van der Waals surface area contributed by atoms with Gasteiger partial charge in [0.1, 0.15) is 11.5 Å². The number of nitrogens with zero attached hydrogens (tertiary/aromatic N) is 1. The Kier molecular flexibility index (Phi) is 4.66. The summed E-state index contributed by atoms with van der Waals surface area (Å²) in [7, 11) is 3.38. The Morgan fingerprint density at radius 3 is 2.68 bits per heavy atom. The van der Waals surface area contributed by atoms with E-state index in [0.717, 1.165) is 23.6 Å². The van der Waals surface area contributed by atoms with Crippen molar-refractivity contribution in [1.29, 1.82) is 0 Å². The fourth-order valence-corrected chi connectivity index (χ4v) is 2.96. The predicted octanol–water partition coefficient (Wildman–Crippen LogP) is 2.19. The lowest BCUT2D eigenvalue weighted by molar-refractivity contribution is 0.191. The van der Waals surface area contributed by atoms with Gasteiger partial charge >= 0.3 is 0 Å². The van der Waals surface area contributed by atoms with E-state index in [0.29, 0.717) is 12.6 Å². The number of benzene rings is 1. The minimum Gasteiger partial charge on any atom is -0.497 e. The van der Waals surface area contributed by atoms with Gasteiger partial charge in [0, 0.05) is 18.2 Å². The van der Waals surface area contributed by atoms with E-state index in [9.17, 15) is 0 Å². The molecule has 2 rings (SSSR count). The minimum absolute atomic E-state index is 0.197. The van der Waals surface area contributed by atoms with Gasteiger partial charge in [0.2, 0.25) is 0 Å². The highest BCUT2D eigenvalue weighted by Crippen LogP contribution is 2.35. The molecule has 2 atom stereocenters. The predicted molar refractivity (Wildman–Crippen MR) is 76.7 cm³/mol. The molecule has 19 heavy (non-hydrogen) atoms. The highest BCUT2D eigenvalue weighted by atomic mass is 16.5. The van der Waals surface area contributed by atoms with E-state index in [2.05, 4.69) is 11.8 Å². The molecule has 4 nitrogen and oxygen atoms in total. The third kappa shape index (κ3) is 2.85. The molecule has 1 aliphatic rings. The fraction of sp³-hybridized carbons (Fsp3) is 0.600. The van der Waals surface area contributed by atoms with Crippen LogP contribution < -0.4 is 15.2 Å². The van der Waals surface area contributed by atoms with Gasteiger partial charge in [-0.3, -0.25) is 4.90 Å². The average molecular weight is 264 g/mol. The Bertz CT molecular complexity index is 423. The summed E-state index contributed by atoms with van der Waals surface area (Å²) >= 11 is 0. The number of hydrogen-bond donors (Lipinski definition) is 1. The maximum absolute atomic E-state index is 6.02.